The summed E-state index contributed by atoms with van der Waals surface area (Å²) < 4.78 is 14.4. The van der Waals surface area contributed by atoms with E-state index in [0.717, 1.165) is 7.14 Å². The van der Waals surface area contributed by atoms with E-state index in [9.17, 15) is 29.4 Å². The highest BCUT2D eigenvalue weighted by Crippen LogP contribution is 2.33. The fraction of sp³-hybridized carbons (Fsp3) is 0.273. The topological polar surface area (TPSA) is 151 Å². The van der Waals surface area contributed by atoms with E-state index in [0.29, 0.717) is 25.7 Å². The molecule has 0 aromatic heterocycles. The van der Waals surface area contributed by atoms with Crippen molar-refractivity contribution in [3.8, 4) is 0 Å². The third-order valence-electron chi connectivity index (χ3n) is 4.62. The highest BCUT2D eigenvalue weighted by atomic mass is 127. The number of hydrogen-bond donors (Lipinski definition) is 4. The monoisotopic (exact) mass is 1200 g/mol. The van der Waals surface area contributed by atoms with E-state index in [2.05, 4.69) is 10.6 Å². The Bertz CT molecular complexity index is 1160. The number of carbonyl (C=O) groups is 4. The molecule has 2 rings (SSSR count). The van der Waals surface area contributed by atoms with Crippen LogP contribution in [-0.2, 0) is 19.1 Å². The maximum atomic E-state index is 12.3. The van der Waals surface area contributed by atoms with Crippen molar-refractivity contribution in [3.63, 3.8) is 0 Å². The van der Waals surface area contributed by atoms with E-state index < -0.39 is 11.9 Å². The summed E-state index contributed by atoms with van der Waals surface area (Å²) in [5.41, 5.74) is 1.22. The van der Waals surface area contributed by atoms with Crippen molar-refractivity contribution < 1.29 is 38.9 Å². The molecule has 0 aliphatic rings. The molecule has 0 radical (unpaired) electrons. The highest BCUT2D eigenvalue weighted by molar-refractivity contribution is 14.1. The molecule has 4 N–H and O–H groups in total. The number of aromatic carboxylic acids is 2. The lowest BCUT2D eigenvalue weighted by Crippen LogP contribution is -2.19. The first kappa shape index (κ1) is 34.8. The molecule has 0 atom stereocenters. The molecule has 206 valence electrons. The molecule has 2 aromatic carbocycles. The summed E-state index contributed by atoms with van der Waals surface area (Å²) in [7, 11) is 0. The van der Waals surface area contributed by atoms with Gasteiger partial charge in [-0.2, -0.15) is 0 Å². The molecule has 0 heterocycles. The Hall–Kier alpha value is 0.620. The Kier molecular flexibility index (Phi) is 15.5. The van der Waals surface area contributed by atoms with Crippen LogP contribution in [0.3, 0.4) is 0 Å². The average Bonchev–Trinajstić information content (AvgIpc) is 2.80. The number of carboxylic acid groups (broad SMARTS) is 2. The lowest BCUT2D eigenvalue weighted by Gasteiger charge is -2.14. The smallest absolute Gasteiger partial charge is 0.337 e. The number of anilines is 2. The molecular weight excluding hydrogens is 1180 g/mol. The molecule has 0 aliphatic carbocycles. The van der Waals surface area contributed by atoms with Crippen molar-refractivity contribution in [2.24, 2.45) is 0 Å². The molecule has 2 amide bonds. The van der Waals surface area contributed by atoms with Crippen LogP contribution in [0.1, 0.15) is 33.6 Å². The molecule has 0 unspecified atom stereocenters. The quantitative estimate of drug-likeness (QED) is 0.139. The summed E-state index contributed by atoms with van der Waals surface area (Å²) in [6.45, 7) is 0.750. The van der Waals surface area contributed by atoms with Gasteiger partial charge in [-0.3, -0.25) is 9.59 Å². The van der Waals surface area contributed by atoms with E-state index in [1.807, 2.05) is 136 Å². The van der Waals surface area contributed by atoms with Crippen LogP contribution in [0.15, 0.2) is 12.1 Å². The minimum Gasteiger partial charge on any atom is -0.478 e. The summed E-state index contributed by atoms with van der Waals surface area (Å²) in [6, 6.07) is 3.40. The number of hydrogen-bond acceptors (Lipinski definition) is 6. The number of nitrogens with one attached hydrogen (secondary N) is 2. The predicted octanol–water partition coefficient (Wildman–Crippen LogP) is 6.10. The number of halogens is 6. The third-order valence-corrected chi connectivity index (χ3v) is 10.2. The standard InChI is InChI=1S/C22H18I6N2O8/c23-9-7-11(25)19(17(27)15(9)21(33)34)29-13(31)1-3-37-5-6-38-4-2-14(32)30-20-12(26)8-10(24)16(18(20)28)22(35)36/h7-8H,1-6H2,(H,29,31)(H,30,32)(H,33,34)(H,35,36). The van der Waals surface area contributed by atoms with Crippen LogP contribution in [0.5, 0.6) is 0 Å². The summed E-state index contributed by atoms with van der Waals surface area (Å²) in [5.74, 6) is -2.72. The second-order valence-electron chi connectivity index (χ2n) is 7.24. The van der Waals surface area contributed by atoms with Gasteiger partial charge < -0.3 is 30.3 Å². The average molecular weight is 1200 g/mol. The summed E-state index contributed by atoms with van der Waals surface area (Å²) >= 11 is 11.8. The summed E-state index contributed by atoms with van der Waals surface area (Å²) in [4.78, 5) is 47.6. The van der Waals surface area contributed by atoms with E-state index in [1.165, 1.54) is 0 Å². The number of amides is 2. The van der Waals surface area contributed by atoms with Crippen LogP contribution in [0.2, 0.25) is 0 Å². The molecule has 0 saturated carbocycles. The first-order chi connectivity index (χ1) is 17.8. The molecule has 0 bridgehead atoms. The van der Waals surface area contributed by atoms with Gasteiger partial charge in [0, 0.05) is 14.3 Å². The minimum absolute atomic E-state index is 0.0779. The number of ether oxygens (including phenoxy) is 2. The maximum Gasteiger partial charge on any atom is 0.337 e. The molecule has 0 spiro atoms. The zero-order valence-electron chi connectivity index (χ0n) is 19.0. The van der Waals surface area contributed by atoms with Gasteiger partial charge in [-0.15, -0.1) is 0 Å². The molecule has 38 heavy (non-hydrogen) atoms. The van der Waals surface area contributed by atoms with Crippen molar-refractivity contribution in [1.82, 2.24) is 0 Å². The summed E-state index contributed by atoms with van der Waals surface area (Å²) in [5, 5.41) is 24.3. The Morgan fingerprint density at radius 3 is 1.26 bits per heavy atom. The van der Waals surface area contributed by atoms with Gasteiger partial charge in [-0.25, -0.2) is 9.59 Å². The third kappa shape index (κ3) is 10.2. The lowest BCUT2D eigenvalue weighted by molar-refractivity contribution is -0.118. The Labute approximate surface area is 299 Å². The highest BCUT2D eigenvalue weighted by Gasteiger charge is 2.21. The fourth-order valence-corrected chi connectivity index (χ4v) is 11.1. The second kappa shape index (κ2) is 16.9. The van der Waals surface area contributed by atoms with Crippen LogP contribution >= 0.6 is 136 Å². The van der Waals surface area contributed by atoms with Crippen molar-refractivity contribution in [2.75, 3.05) is 37.1 Å². The van der Waals surface area contributed by atoms with Gasteiger partial charge >= 0.3 is 11.9 Å². The van der Waals surface area contributed by atoms with Gasteiger partial charge in [0.1, 0.15) is 0 Å². The normalized spacial score (nSPS) is 10.8. The Morgan fingerprint density at radius 2 is 0.947 bits per heavy atom. The first-order valence-electron chi connectivity index (χ1n) is 10.4. The molecule has 2 aromatic rings. The molecule has 0 fully saturated rings. The number of rotatable bonds is 13. The van der Waals surface area contributed by atoms with Crippen molar-refractivity contribution in [1.29, 1.82) is 0 Å². The molecule has 0 aliphatic heterocycles. The van der Waals surface area contributed by atoms with Gasteiger partial charge in [-0.1, -0.05) is 0 Å². The number of benzene rings is 2. The van der Waals surface area contributed by atoms with Gasteiger partial charge in [-0.05, 0) is 148 Å². The number of carbonyl (C=O) groups excluding carboxylic acids is 2. The van der Waals surface area contributed by atoms with E-state index in [-0.39, 0.29) is 62.2 Å². The first-order valence-corrected chi connectivity index (χ1v) is 16.9. The van der Waals surface area contributed by atoms with Crippen LogP contribution in [0.25, 0.3) is 0 Å². The number of carboxylic acids is 2. The van der Waals surface area contributed by atoms with E-state index >= 15 is 0 Å². The zero-order valence-corrected chi connectivity index (χ0v) is 32.0. The van der Waals surface area contributed by atoms with E-state index in [4.69, 9.17) is 9.47 Å². The fourth-order valence-electron chi connectivity index (χ4n) is 2.86. The molecular formula is C22H18I6N2O8. The zero-order chi connectivity index (χ0) is 28.6. The Balaban J connectivity index is 1.70. The molecule has 0 saturated heterocycles. The maximum absolute atomic E-state index is 12.3. The van der Waals surface area contributed by atoms with E-state index in [1.54, 1.807) is 12.1 Å². The van der Waals surface area contributed by atoms with Crippen LogP contribution < -0.4 is 10.6 Å². The van der Waals surface area contributed by atoms with Gasteiger partial charge in [0.05, 0.1) is 68.9 Å². The molecule has 16 heteroatoms. The van der Waals surface area contributed by atoms with Crippen molar-refractivity contribution in [3.05, 3.63) is 44.7 Å². The van der Waals surface area contributed by atoms with Gasteiger partial charge in [0.2, 0.25) is 11.8 Å². The minimum atomic E-state index is -1.06. The van der Waals surface area contributed by atoms with Crippen molar-refractivity contribution in [2.45, 2.75) is 12.8 Å². The second-order valence-corrected chi connectivity index (χ2v) is 14.0. The van der Waals surface area contributed by atoms with Gasteiger partial charge in [0.25, 0.3) is 0 Å². The largest absolute Gasteiger partial charge is 0.478 e. The van der Waals surface area contributed by atoms with Gasteiger partial charge in [0.15, 0.2) is 0 Å². The van der Waals surface area contributed by atoms with Crippen LogP contribution in [0, 0.1) is 21.4 Å². The SMILES string of the molecule is O=C(CCOCCOCCC(=O)Nc1c(I)cc(I)c(C(=O)O)c1I)Nc1c(I)cc(I)c(C(=O)O)c1I. The molecule has 10 nitrogen and oxygen atoms in total. The Morgan fingerprint density at radius 1 is 0.605 bits per heavy atom. The van der Waals surface area contributed by atoms with Crippen LogP contribution in [-0.4, -0.2) is 60.4 Å². The van der Waals surface area contributed by atoms with Crippen LogP contribution in [0.4, 0.5) is 11.4 Å². The van der Waals surface area contributed by atoms with Crippen molar-refractivity contribution >= 4 is 171 Å². The lowest BCUT2D eigenvalue weighted by atomic mass is 10.2. The summed E-state index contributed by atoms with van der Waals surface area (Å²) in [6.07, 6.45) is 0.156. The predicted molar refractivity (Wildman–Crippen MR) is 191 cm³/mol.